The van der Waals surface area contributed by atoms with Crippen LogP contribution in [0.1, 0.15) is 24.4 Å². The van der Waals surface area contributed by atoms with E-state index in [4.69, 9.17) is 10.2 Å². The molecule has 2 heteroatoms. The average Bonchev–Trinajstić information content (AvgIpc) is 2.37. The summed E-state index contributed by atoms with van der Waals surface area (Å²) >= 11 is 0. The van der Waals surface area contributed by atoms with Gasteiger partial charge in [-0.15, -0.1) is 0 Å². The Hall–Kier alpha value is -0.760. The predicted molar refractivity (Wildman–Crippen MR) is 45.4 cm³/mol. The zero-order valence-electron chi connectivity index (χ0n) is 6.97. The Bertz CT molecular complexity index is 205. The Labute approximate surface area is 67.4 Å². The van der Waals surface area contributed by atoms with Crippen LogP contribution in [-0.4, -0.2) is 6.54 Å². The summed E-state index contributed by atoms with van der Waals surface area (Å²) in [5.41, 5.74) is 5.37. The normalized spacial score (nSPS) is 10.4. The number of unbranched alkanes of at least 4 members (excludes halogenated alkanes) is 1. The van der Waals surface area contributed by atoms with Gasteiger partial charge in [-0.3, -0.25) is 0 Å². The van der Waals surface area contributed by atoms with Crippen LogP contribution in [0.5, 0.6) is 0 Å². The number of rotatable bonds is 4. The summed E-state index contributed by atoms with van der Waals surface area (Å²) < 4.78 is 5.39. The van der Waals surface area contributed by atoms with Crippen LogP contribution in [0.2, 0.25) is 0 Å². The minimum absolute atomic E-state index is 0.777. The topological polar surface area (TPSA) is 39.2 Å². The summed E-state index contributed by atoms with van der Waals surface area (Å²) in [5.74, 6) is 2.07. The summed E-state index contributed by atoms with van der Waals surface area (Å²) in [7, 11) is 0. The van der Waals surface area contributed by atoms with Crippen molar-refractivity contribution in [3.05, 3.63) is 23.7 Å². The first kappa shape index (κ1) is 8.34. The van der Waals surface area contributed by atoms with Crippen molar-refractivity contribution in [2.75, 3.05) is 6.54 Å². The molecule has 0 fully saturated rings. The molecule has 1 aromatic rings. The number of nitrogens with two attached hydrogens (primary N) is 1. The summed E-state index contributed by atoms with van der Waals surface area (Å²) in [5, 5.41) is 0. The van der Waals surface area contributed by atoms with Crippen molar-refractivity contribution >= 4 is 0 Å². The van der Waals surface area contributed by atoms with Gasteiger partial charge in [-0.05, 0) is 38.4 Å². The third-order valence-corrected chi connectivity index (χ3v) is 1.67. The van der Waals surface area contributed by atoms with E-state index in [9.17, 15) is 0 Å². The van der Waals surface area contributed by atoms with E-state index in [1.165, 1.54) is 0 Å². The minimum atomic E-state index is 0.777. The Morgan fingerprint density at radius 2 is 2.18 bits per heavy atom. The van der Waals surface area contributed by atoms with E-state index < -0.39 is 0 Å². The molecule has 0 aliphatic heterocycles. The van der Waals surface area contributed by atoms with Gasteiger partial charge in [0.2, 0.25) is 0 Å². The SMILES string of the molecule is Cc1ccc(CCCCN)o1. The molecule has 0 unspecified atom stereocenters. The Kier molecular flexibility index (Phi) is 3.17. The molecule has 1 heterocycles. The van der Waals surface area contributed by atoms with Crippen molar-refractivity contribution < 1.29 is 4.42 Å². The monoisotopic (exact) mass is 153 g/mol. The zero-order chi connectivity index (χ0) is 8.10. The Morgan fingerprint density at radius 3 is 2.73 bits per heavy atom. The van der Waals surface area contributed by atoms with E-state index >= 15 is 0 Å². The molecule has 0 saturated carbocycles. The van der Waals surface area contributed by atoms with Gasteiger partial charge in [0.05, 0.1) is 0 Å². The second-order valence-electron chi connectivity index (χ2n) is 2.76. The Morgan fingerprint density at radius 1 is 1.36 bits per heavy atom. The fourth-order valence-electron chi connectivity index (χ4n) is 1.06. The third kappa shape index (κ3) is 2.76. The quantitative estimate of drug-likeness (QED) is 0.671. The first-order valence-corrected chi connectivity index (χ1v) is 4.08. The molecular weight excluding hydrogens is 138 g/mol. The van der Waals surface area contributed by atoms with Crippen LogP contribution in [0.3, 0.4) is 0 Å². The summed E-state index contributed by atoms with van der Waals surface area (Å²) in [4.78, 5) is 0. The van der Waals surface area contributed by atoms with Gasteiger partial charge in [-0.1, -0.05) is 0 Å². The Balaban J connectivity index is 2.27. The van der Waals surface area contributed by atoms with Crippen molar-refractivity contribution in [3.8, 4) is 0 Å². The van der Waals surface area contributed by atoms with Gasteiger partial charge in [0.1, 0.15) is 11.5 Å². The zero-order valence-corrected chi connectivity index (χ0v) is 6.97. The molecule has 1 aromatic heterocycles. The van der Waals surface area contributed by atoms with E-state index in [-0.39, 0.29) is 0 Å². The molecule has 0 aliphatic rings. The largest absolute Gasteiger partial charge is 0.466 e. The summed E-state index contributed by atoms with van der Waals surface area (Å²) in [6, 6.07) is 4.03. The van der Waals surface area contributed by atoms with Gasteiger partial charge >= 0.3 is 0 Å². The molecule has 2 N–H and O–H groups in total. The molecule has 0 bridgehead atoms. The van der Waals surface area contributed by atoms with E-state index in [0.717, 1.165) is 37.3 Å². The molecular formula is C9H15NO. The van der Waals surface area contributed by atoms with Crippen molar-refractivity contribution in [2.45, 2.75) is 26.2 Å². The van der Waals surface area contributed by atoms with Crippen molar-refractivity contribution in [1.29, 1.82) is 0 Å². The maximum Gasteiger partial charge on any atom is 0.104 e. The fourth-order valence-corrected chi connectivity index (χ4v) is 1.06. The van der Waals surface area contributed by atoms with Crippen LogP contribution in [0.4, 0.5) is 0 Å². The molecule has 0 saturated heterocycles. The number of furan rings is 1. The van der Waals surface area contributed by atoms with Crippen molar-refractivity contribution in [3.63, 3.8) is 0 Å². The van der Waals surface area contributed by atoms with Crippen LogP contribution in [0.15, 0.2) is 16.5 Å². The van der Waals surface area contributed by atoms with Crippen LogP contribution in [-0.2, 0) is 6.42 Å². The van der Waals surface area contributed by atoms with Crippen molar-refractivity contribution in [1.82, 2.24) is 0 Å². The molecule has 0 spiro atoms. The van der Waals surface area contributed by atoms with E-state index in [0.29, 0.717) is 0 Å². The first-order chi connectivity index (χ1) is 5.33. The van der Waals surface area contributed by atoms with Gasteiger partial charge < -0.3 is 10.2 Å². The number of hydrogen-bond acceptors (Lipinski definition) is 2. The predicted octanol–water partition coefficient (Wildman–Crippen LogP) is 1.87. The highest BCUT2D eigenvalue weighted by Gasteiger charge is 1.96. The van der Waals surface area contributed by atoms with Gasteiger partial charge in [-0.2, -0.15) is 0 Å². The summed E-state index contributed by atoms with van der Waals surface area (Å²) in [6.45, 7) is 2.74. The minimum Gasteiger partial charge on any atom is -0.466 e. The maximum atomic E-state index is 5.39. The lowest BCUT2D eigenvalue weighted by atomic mass is 10.2. The molecule has 0 atom stereocenters. The average molecular weight is 153 g/mol. The van der Waals surface area contributed by atoms with E-state index in [1.807, 2.05) is 19.1 Å². The molecule has 11 heavy (non-hydrogen) atoms. The van der Waals surface area contributed by atoms with Gasteiger partial charge in [0, 0.05) is 6.42 Å². The van der Waals surface area contributed by atoms with Crippen LogP contribution in [0.25, 0.3) is 0 Å². The van der Waals surface area contributed by atoms with Gasteiger partial charge in [0.25, 0.3) is 0 Å². The van der Waals surface area contributed by atoms with E-state index in [2.05, 4.69) is 0 Å². The fraction of sp³-hybridized carbons (Fsp3) is 0.556. The number of hydrogen-bond donors (Lipinski definition) is 1. The standard InChI is InChI=1S/C9H15NO/c1-8-5-6-9(11-8)4-2-3-7-10/h5-6H,2-4,7,10H2,1H3. The highest BCUT2D eigenvalue weighted by Crippen LogP contribution is 2.08. The van der Waals surface area contributed by atoms with Crippen LogP contribution in [0, 0.1) is 6.92 Å². The van der Waals surface area contributed by atoms with Gasteiger partial charge in [-0.25, -0.2) is 0 Å². The molecule has 62 valence electrons. The van der Waals surface area contributed by atoms with Gasteiger partial charge in [0.15, 0.2) is 0 Å². The molecule has 1 rings (SSSR count). The molecule has 0 aromatic carbocycles. The lowest BCUT2D eigenvalue weighted by molar-refractivity contribution is 0.475. The third-order valence-electron chi connectivity index (χ3n) is 1.67. The highest BCUT2D eigenvalue weighted by atomic mass is 16.3. The molecule has 0 amide bonds. The second kappa shape index (κ2) is 4.19. The molecule has 2 nitrogen and oxygen atoms in total. The smallest absolute Gasteiger partial charge is 0.104 e. The second-order valence-corrected chi connectivity index (χ2v) is 2.76. The van der Waals surface area contributed by atoms with Crippen LogP contribution < -0.4 is 5.73 Å². The first-order valence-electron chi connectivity index (χ1n) is 4.08. The molecule has 0 radical (unpaired) electrons. The lowest BCUT2D eigenvalue weighted by Gasteiger charge is -1.94. The summed E-state index contributed by atoms with van der Waals surface area (Å²) in [6.07, 6.45) is 3.23. The van der Waals surface area contributed by atoms with E-state index in [1.54, 1.807) is 0 Å². The highest BCUT2D eigenvalue weighted by molar-refractivity contribution is 5.05. The molecule has 0 aliphatic carbocycles. The van der Waals surface area contributed by atoms with Crippen LogP contribution >= 0.6 is 0 Å². The maximum absolute atomic E-state index is 5.39. The van der Waals surface area contributed by atoms with Crippen molar-refractivity contribution in [2.24, 2.45) is 5.73 Å². The lowest BCUT2D eigenvalue weighted by Crippen LogP contribution is -1.98. The number of aryl methyl sites for hydroxylation is 2.